The van der Waals surface area contributed by atoms with Gasteiger partial charge in [-0.15, -0.1) is 0 Å². The van der Waals surface area contributed by atoms with Crippen LogP contribution in [0.2, 0.25) is 0 Å². The van der Waals surface area contributed by atoms with E-state index in [9.17, 15) is 0 Å². The molecule has 0 aromatic carbocycles. The SMILES string of the molecule is C=C1CC2CC(C)(CC3(C)CC(CC(C)(C)N3OC3CCCCC3)N(CCCC)c3nc(C)nc(n3)N2)N1OC1CCCCC1. The van der Waals surface area contributed by atoms with E-state index >= 15 is 0 Å². The van der Waals surface area contributed by atoms with Gasteiger partial charge in [0.15, 0.2) is 0 Å². The molecule has 0 spiro atoms. The van der Waals surface area contributed by atoms with E-state index in [1.54, 1.807) is 0 Å². The third kappa shape index (κ3) is 7.15. The van der Waals surface area contributed by atoms with Crippen LogP contribution in [0.4, 0.5) is 11.9 Å². The Kier molecular flexibility index (Phi) is 9.71. The Balaban J connectivity index is 1.44. The van der Waals surface area contributed by atoms with Gasteiger partial charge >= 0.3 is 0 Å². The maximum Gasteiger partial charge on any atom is 0.230 e. The van der Waals surface area contributed by atoms with E-state index in [0.717, 1.165) is 94.6 Å². The Labute approximate surface area is 272 Å². The lowest BCUT2D eigenvalue weighted by Gasteiger charge is -2.61. The van der Waals surface area contributed by atoms with Crippen LogP contribution < -0.4 is 10.2 Å². The number of hydrogen-bond donors (Lipinski definition) is 1. The van der Waals surface area contributed by atoms with Crippen LogP contribution in [0.25, 0.3) is 0 Å². The number of anilines is 2. The highest BCUT2D eigenvalue weighted by molar-refractivity contribution is 5.40. The molecule has 252 valence electrons. The number of rotatable bonds is 7. The molecule has 6 rings (SSSR count). The second-order valence-corrected chi connectivity index (χ2v) is 16.2. The number of nitrogens with one attached hydrogen (secondary N) is 1. The van der Waals surface area contributed by atoms with Gasteiger partial charge in [-0.25, -0.2) is 0 Å². The van der Waals surface area contributed by atoms with Crippen molar-refractivity contribution in [2.45, 2.75) is 192 Å². The first-order valence-corrected chi connectivity index (χ1v) is 18.4. The van der Waals surface area contributed by atoms with Gasteiger partial charge < -0.3 is 10.2 Å². The lowest BCUT2D eigenvalue weighted by atomic mass is 9.69. The van der Waals surface area contributed by atoms with Crippen LogP contribution in [0, 0.1) is 6.92 Å². The molecule has 0 radical (unpaired) electrons. The summed E-state index contributed by atoms with van der Waals surface area (Å²) < 4.78 is 0. The Hall–Kier alpha value is -1.97. The van der Waals surface area contributed by atoms with Gasteiger partial charge in [-0.1, -0.05) is 58.4 Å². The summed E-state index contributed by atoms with van der Waals surface area (Å²) in [5.74, 6) is 2.26. The highest BCUT2D eigenvalue weighted by Gasteiger charge is 2.56. The van der Waals surface area contributed by atoms with E-state index in [2.05, 4.69) is 61.5 Å². The first kappa shape index (κ1) is 33.0. The molecular formula is C36H61N7O2. The average Bonchev–Trinajstić information content (AvgIpc) is 2.97. The highest BCUT2D eigenvalue weighted by Crippen LogP contribution is 2.50. The molecule has 4 atom stereocenters. The molecule has 3 aliphatic heterocycles. The van der Waals surface area contributed by atoms with Gasteiger partial charge in [-0.05, 0) is 92.4 Å². The third-order valence-corrected chi connectivity index (χ3v) is 11.3. The standard InChI is InChI=1S/C36H61N7O2/c1-8-9-20-41-29-23-34(4,5)43(45-31-18-14-11-15-19-31)36(7,24-29)25-35(6)22-28(39-32-37-27(3)38-33(41)40-32)21-26(2)42(35)44-30-16-12-10-13-17-30/h28-31H,2,8-25H2,1,3-7H3,(H,37,38,39,40). The molecule has 4 unspecified atom stereocenters. The van der Waals surface area contributed by atoms with Crippen molar-refractivity contribution in [3.05, 3.63) is 18.1 Å². The van der Waals surface area contributed by atoms with Crippen LogP contribution in [0.5, 0.6) is 0 Å². The van der Waals surface area contributed by atoms with Crippen LogP contribution in [-0.2, 0) is 9.68 Å². The summed E-state index contributed by atoms with van der Waals surface area (Å²) in [5, 5.41) is 8.51. The Morgan fingerprint density at radius 2 is 1.51 bits per heavy atom. The quantitative estimate of drug-likeness (QED) is 0.326. The van der Waals surface area contributed by atoms with Gasteiger partial charge in [0.1, 0.15) is 5.82 Å². The minimum absolute atomic E-state index is 0.149. The summed E-state index contributed by atoms with van der Waals surface area (Å²) in [5.41, 5.74) is 0.339. The topological polar surface area (TPSA) is 78.9 Å². The number of hydroxylamine groups is 4. The van der Waals surface area contributed by atoms with Crippen molar-refractivity contribution in [2.75, 3.05) is 16.8 Å². The molecule has 9 nitrogen and oxygen atoms in total. The predicted octanol–water partition coefficient (Wildman–Crippen LogP) is 7.87. The van der Waals surface area contributed by atoms with Gasteiger partial charge in [0.05, 0.1) is 17.7 Å². The van der Waals surface area contributed by atoms with Crippen LogP contribution in [0.3, 0.4) is 0 Å². The summed E-state index contributed by atoms with van der Waals surface area (Å²) in [6, 6.07) is 0.423. The normalized spacial score (nSPS) is 33.3. The third-order valence-electron chi connectivity index (χ3n) is 11.3. The van der Waals surface area contributed by atoms with E-state index in [-0.39, 0.29) is 40.9 Å². The minimum Gasteiger partial charge on any atom is -0.351 e. The molecule has 4 heterocycles. The van der Waals surface area contributed by atoms with Gasteiger partial charge in [-0.3, -0.25) is 14.7 Å². The summed E-state index contributed by atoms with van der Waals surface area (Å²) in [6.45, 7) is 19.5. The number of aromatic nitrogens is 3. The van der Waals surface area contributed by atoms with Gasteiger partial charge in [0.2, 0.25) is 11.9 Å². The number of unbranched alkanes of at least 4 members (excludes halogenated alkanes) is 1. The Morgan fingerprint density at radius 1 is 0.844 bits per heavy atom. The van der Waals surface area contributed by atoms with Gasteiger partial charge in [-0.2, -0.15) is 20.0 Å². The van der Waals surface area contributed by atoms with Crippen molar-refractivity contribution in [3.63, 3.8) is 0 Å². The maximum absolute atomic E-state index is 7.21. The number of piperidine rings is 2. The fourth-order valence-corrected chi connectivity index (χ4v) is 9.65. The Morgan fingerprint density at radius 3 is 2.18 bits per heavy atom. The summed E-state index contributed by atoms with van der Waals surface area (Å²) in [7, 11) is 0. The highest BCUT2D eigenvalue weighted by atomic mass is 16.7. The van der Waals surface area contributed by atoms with Gasteiger partial charge in [0, 0.05) is 41.8 Å². The fraction of sp³-hybridized carbons (Fsp3) is 0.861. The summed E-state index contributed by atoms with van der Waals surface area (Å²) in [6.07, 6.45) is 19.6. The molecule has 2 aliphatic carbocycles. The molecular weight excluding hydrogens is 562 g/mol. The van der Waals surface area contributed by atoms with E-state index < -0.39 is 0 Å². The average molecular weight is 624 g/mol. The van der Waals surface area contributed by atoms with Crippen molar-refractivity contribution in [2.24, 2.45) is 0 Å². The zero-order valence-electron chi connectivity index (χ0n) is 29.2. The van der Waals surface area contributed by atoms with E-state index in [0.29, 0.717) is 5.95 Å². The van der Waals surface area contributed by atoms with Crippen molar-refractivity contribution in [1.82, 2.24) is 25.1 Å². The first-order valence-electron chi connectivity index (χ1n) is 18.4. The fourth-order valence-electron chi connectivity index (χ4n) is 9.65. The molecule has 2 saturated heterocycles. The maximum atomic E-state index is 7.21. The second-order valence-electron chi connectivity index (χ2n) is 16.2. The number of aryl methyl sites for hydroxylation is 1. The number of fused-ring (bicyclic) bond motifs is 6. The van der Waals surface area contributed by atoms with E-state index in [4.69, 9.17) is 24.6 Å². The van der Waals surface area contributed by atoms with Crippen molar-refractivity contribution < 1.29 is 9.68 Å². The summed E-state index contributed by atoms with van der Waals surface area (Å²) >= 11 is 0. The zero-order chi connectivity index (χ0) is 31.8. The van der Waals surface area contributed by atoms with Crippen molar-refractivity contribution in [3.8, 4) is 0 Å². The second kappa shape index (κ2) is 13.3. The molecule has 9 heteroatoms. The number of nitrogens with zero attached hydrogens (tertiary/aromatic N) is 6. The molecule has 5 aliphatic rings. The Bertz CT molecular complexity index is 1180. The predicted molar refractivity (Wildman–Crippen MR) is 181 cm³/mol. The first-order chi connectivity index (χ1) is 21.5. The van der Waals surface area contributed by atoms with Crippen molar-refractivity contribution in [1.29, 1.82) is 0 Å². The molecule has 2 saturated carbocycles. The largest absolute Gasteiger partial charge is 0.351 e. The smallest absolute Gasteiger partial charge is 0.230 e. The van der Waals surface area contributed by atoms with E-state index in [1.807, 2.05) is 6.92 Å². The molecule has 6 bridgehead atoms. The monoisotopic (exact) mass is 623 g/mol. The molecule has 45 heavy (non-hydrogen) atoms. The minimum atomic E-state index is -0.288. The van der Waals surface area contributed by atoms with Crippen LogP contribution >= 0.6 is 0 Å². The summed E-state index contributed by atoms with van der Waals surface area (Å²) in [4.78, 5) is 31.6. The molecule has 4 fully saturated rings. The molecule has 1 aromatic heterocycles. The van der Waals surface area contributed by atoms with Crippen LogP contribution in [0.15, 0.2) is 12.3 Å². The molecule has 1 aromatic rings. The van der Waals surface area contributed by atoms with E-state index in [1.165, 1.54) is 38.5 Å². The number of hydrogen-bond acceptors (Lipinski definition) is 9. The van der Waals surface area contributed by atoms with Crippen LogP contribution in [0.1, 0.15) is 150 Å². The van der Waals surface area contributed by atoms with Crippen LogP contribution in [-0.4, -0.2) is 72.5 Å². The molecule has 1 N–H and O–H groups in total. The lowest BCUT2D eigenvalue weighted by molar-refractivity contribution is -0.327. The van der Waals surface area contributed by atoms with Gasteiger partial charge in [0.25, 0.3) is 0 Å². The zero-order valence-corrected chi connectivity index (χ0v) is 29.2. The lowest BCUT2D eigenvalue weighted by Crippen LogP contribution is -2.69. The van der Waals surface area contributed by atoms with Crippen molar-refractivity contribution >= 4 is 11.9 Å². The molecule has 0 amide bonds.